The molecule has 9 heteroatoms. The molecule has 0 radical (unpaired) electrons. The van der Waals surface area contributed by atoms with Gasteiger partial charge in [-0.15, -0.1) is 0 Å². The van der Waals surface area contributed by atoms with Crippen molar-refractivity contribution in [2.24, 2.45) is 0 Å². The zero-order chi connectivity index (χ0) is 16.1. The molecule has 0 spiro atoms. The third-order valence-corrected chi connectivity index (χ3v) is 3.54. The molecule has 0 aliphatic heterocycles. The number of thioether (sulfide) groups is 1. The van der Waals surface area contributed by atoms with Crippen LogP contribution in [0.4, 0.5) is 22.0 Å². The highest BCUT2D eigenvalue weighted by atomic mass is 32.2. The molecule has 1 aromatic carbocycles. The lowest BCUT2D eigenvalue weighted by molar-refractivity contribution is 0.628. The highest BCUT2D eigenvalue weighted by Crippen LogP contribution is 2.18. The van der Waals surface area contributed by atoms with E-state index in [0.29, 0.717) is 28.4 Å². The fraction of sp³-hybridized carbons (Fsp3) is 0.0714. The molecule has 7 nitrogen and oxygen atoms in total. The van der Waals surface area contributed by atoms with Gasteiger partial charge in [0, 0.05) is 18.1 Å². The van der Waals surface area contributed by atoms with E-state index in [1.807, 2.05) is 0 Å². The van der Waals surface area contributed by atoms with E-state index in [-0.39, 0.29) is 11.8 Å². The second kappa shape index (κ2) is 6.97. The smallest absolute Gasteiger partial charge is 0.232 e. The quantitative estimate of drug-likeness (QED) is 0.543. The third-order valence-electron chi connectivity index (χ3n) is 2.67. The summed E-state index contributed by atoms with van der Waals surface area (Å²) in [5.41, 5.74) is 6.36. The molecule has 0 unspecified atom stereocenters. The van der Waals surface area contributed by atoms with Crippen molar-refractivity contribution in [3.63, 3.8) is 0 Å². The maximum absolute atomic E-state index is 12.9. The first-order valence-electron chi connectivity index (χ1n) is 6.62. The van der Waals surface area contributed by atoms with Crippen LogP contribution in [0.5, 0.6) is 0 Å². The molecule has 0 saturated carbocycles. The lowest BCUT2D eigenvalue weighted by Gasteiger charge is -2.07. The summed E-state index contributed by atoms with van der Waals surface area (Å²) in [4.78, 5) is 20.6. The molecule has 23 heavy (non-hydrogen) atoms. The summed E-state index contributed by atoms with van der Waals surface area (Å²) in [6, 6.07) is 7.60. The van der Waals surface area contributed by atoms with Crippen molar-refractivity contribution < 1.29 is 4.39 Å². The molecule has 0 aliphatic rings. The van der Waals surface area contributed by atoms with Gasteiger partial charge in [-0.05, 0) is 30.3 Å². The van der Waals surface area contributed by atoms with Gasteiger partial charge >= 0.3 is 0 Å². The average Bonchev–Trinajstić information content (AvgIpc) is 2.56. The van der Waals surface area contributed by atoms with Crippen molar-refractivity contribution in [2.45, 2.75) is 10.9 Å². The average molecular weight is 329 g/mol. The van der Waals surface area contributed by atoms with Crippen LogP contribution in [0, 0.1) is 5.82 Å². The largest absolute Gasteiger partial charge is 0.368 e. The zero-order valence-corrected chi connectivity index (χ0v) is 12.7. The van der Waals surface area contributed by atoms with E-state index in [1.54, 1.807) is 30.6 Å². The van der Waals surface area contributed by atoms with E-state index in [9.17, 15) is 4.39 Å². The van der Waals surface area contributed by atoms with Crippen LogP contribution in [0.2, 0.25) is 0 Å². The predicted molar refractivity (Wildman–Crippen MR) is 85.5 cm³/mol. The monoisotopic (exact) mass is 329 g/mol. The number of nitrogens with two attached hydrogens (primary N) is 1. The predicted octanol–water partition coefficient (Wildman–Crippen LogP) is 2.42. The molecule has 0 amide bonds. The molecular weight excluding hydrogens is 317 g/mol. The van der Waals surface area contributed by atoms with Crippen molar-refractivity contribution >= 4 is 29.3 Å². The Labute approximate surface area is 135 Å². The SMILES string of the molecule is Nc1nc(CSc2ncccn2)nc(Nc2ccc(F)cc2)n1. The molecule has 0 aliphatic carbocycles. The Morgan fingerprint density at radius 2 is 1.78 bits per heavy atom. The second-order valence-corrected chi connectivity index (χ2v) is 5.33. The van der Waals surface area contributed by atoms with Gasteiger partial charge in [-0.1, -0.05) is 11.8 Å². The number of benzene rings is 1. The van der Waals surface area contributed by atoms with Gasteiger partial charge < -0.3 is 11.1 Å². The van der Waals surface area contributed by atoms with Gasteiger partial charge in [-0.3, -0.25) is 0 Å². The number of anilines is 3. The minimum Gasteiger partial charge on any atom is -0.368 e. The Morgan fingerprint density at radius 3 is 2.52 bits per heavy atom. The van der Waals surface area contributed by atoms with Crippen LogP contribution in [0.3, 0.4) is 0 Å². The number of rotatable bonds is 5. The topological polar surface area (TPSA) is 102 Å². The second-order valence-electron chi connectivity index (χ2n) is 4.39. The summed E-state index contributed by atoms with van der Waals surface area (Å²) in [7, 11) is 0. The van der Waals surface area contributed by atoms with Crippen molar-refractivity contribution in [1.29, 1.82) is 0 Å². The Hall–Kier alpha value is -2.81. The van der Waals surface area contributed by atoms with E-state index in [4.69, 9.17) is 5.73 Å². The number of hydrogen-bond donors (Lipinski definition) is 2. The normalized spacial score (nSPS) is 10.5. The first-order chi connectivity index (χ1) is 11.2. The van der Waals surface area contributed by atoms with Gasteiger partial charge in [-0.25, -0.2) is 14.4 Å². The Morgan fingerprint density at radius 1 is 1.04 bits per heavy atom. The minimum absolute atomic E-state index is 0.106. The molecule has 116 valence electrons. The number of halogens is 1. The van der Waals surface area contributed by atoms with E-state index in [2.05, 4.69) is 30.2 Å². The lowest BCUT2D eigenvalue weighted by Crippen LogP contribution is -2.06. The number of nitrogens with zero attached hydrogens (tertiary/aromatic N) is 5. The molecule has 2 heterocycles. The van der Waals surface area contributed by atoms with Crippen LogP contribution in [-0.2, 0) is 5.75 Å². The molecular formula is C14H12FN7S. The van der Waals surface area contributed by atoms with Gasteiger partial charge in [0.25, 0.3) is 0 Å². The van der Waals surface area contributed by atoms with Gasteiger partial charge in [-0.2, -0.15) is 15.0 Å². The van der Waals surface area contributed by atoms with Gasteiger partial charge in [0.2, 0.25) is 11.9 Å². The van der Waals surface area contributed by atoms with Gasteiger partial charge in [0.05, 0.1) is 5.75 Å². The fourth-order valence-corrected chi connectivity index (χ4v) is 2.37. The maximum atomic E-state index is 12.9. The van der Waals surface area contributed by atoms with E-state index in [0.717, 1.165) is 0 Å². The number of nitrogens with one attached hydrogen (secondary N) is 1. The third kappa shape index (κ3) is 4.33. The van der Waals surface area contributed by atoms with Crippen LogP contribution >= 0.6 is 11.8 Å². The molecule has 3 aromatic rings. The van der Waals surface area contributed by atoms with Gasteiger partial charge in [0.15, 0.2) is 5.16 Å². The zero-order valence-electron chi connectivity index (χ0n) is 11.8. The van der Waals surface area contributed by atoms with Crippen molar-refractivity contribution in [3.05, 3.63) is 54.4 Å². The number of aromatic nitrogens is 5. The molecule has 2 aromatic heterocycles. The van der Waals surface area contributed by atoms with Crippen LogP contribution in [0.1, 0.15) is 5.82 Å². The Bertz CT molecular complexity index is 783. The highest BCUT2D eigenvalue weighted by Gasteiger charge is 2.07. The summed E-state index contributed by atoms with van der Waals surface area (Å²) in [6.45, 7) is 0. The molecule has 3 rings (SSSR count). The lowest BCUT2D eigenvalue weighted by atomic mass is 10.3. The highest BCUT2D eigenvalue weighted by molar-refractivity contribution is 7.98. The van der Waals surface area contributed by atoms with Crippen molar-refractivity contribution in [3.8, 4) is 0 Å². The maximum Gasteiger partial charge on any atom is 0.232 e. The number of hydrogen-bond acceptors (Lipinski definition) is 8. The van der Waals surface area contributed by atoms with Crippen LogP contribution < -0.4 is 11.1 Å². The molecule has 3 N–H and O–H groups in total. The standard InChI is InChI=1S/C14H12FN7S/c15-9-2-4-10(5-3-9)19-13-21-11(20-12(16)22-13)8-23-14-17-6-1-7-18-14/h1-7H,8H2,(H3,16,19,20,21,22). The van der Waals surface area contributed by atoms with Crippen LogP contribution in [0.15, 0.2) is 47.9 Å². The summed E-state index contributed by atoms with van der Waals surface area (Å²) in [5, 5.41) is 3.59. The Balaban J connectivity index is 1.72. The fourth-order valence-electron chi connectivity index (χ4n) is 1.71. The molecule has 0 bridgehead atoms. The van der Waals surface area contributed by atoms with Gasteiger partial charge in [0.1, 0.15) is 11.6 Å². The van der Waals surface area contributed by atoms with Crippen molar-refractivity contribution in [2.75, 3.05) is 11.1 Å². The van der Waals surface area contributed by atoms with E-state index in [1.165, 1.54) is 23.9 Å². The van der Waals surface area contributed by atoms with E-state index >= 15 is 0 Å². The van der Waals surface area contributed by atoms with Crippen molar-refractivity contribution in [1.82, 2.24) is 24.9 Å². The summed E-state index contributed by atoms with van der Waals surface area (Å²) < 4.78 is 12.9. The Kier molecular flexibility index (Phi) is 4.57. The minimum atomic E-state index is -0.314. The molecule has 0 fully saturated rings. The number of nitrogen functional groups attached to an aromatic ring is 1. The summed E-state index contributed by atoms with van der Waals surface area (Å²) in [5.74, 6) is 1.04. The summed E-state index contributed by atoms with van der Waals surface area (Å²) in [6.07, 6.45) is 3.33. The van der Waals surface area contributed by atoms with Crippen LogP contribution in [0.25, 0.3) is 0 Å². The summed E-state index contributed by atoms with van der Waals surface area (Å²) >= 11 is 1.39. The first kappa shape index (κ1) is 15.1. The molecule has 0 atom stereocenters. The van der Waals surface area contributed by atoms with E-state index < -0.39 is 0 Å². The molecule has 0 saturated heterocycles. The van der Waals surface area contributed by atoms with Crippen LogP contribution in [-0.4, -0.2) is 24.9 Å². The first-order valence-corrected chi connectivity index (χ1v) is 7.60.